The molecule has 8 nitrogen and oxygen atoms in total. The quantitative estimate of drug-likeness (QED) is 0.0453. The molecule has 318 valence electrons. The van der Waals surface area contributed by atoms with Crippen LogP contribution in [0, 0.1) is 27.7 Å². The number of rotatable bonds is 19. The fourth-order valence-corrected chi connectivity index (χ4v) is 6.99. The molecular formula is C54H54O8. The maximum atomic E-state index is 12.6. The molecular weight excluding hydrogens is 777 g/mol. The topological polar surface area (TPSA) is 89.5 Å². The summed E-state index contributed by atoms with van der Waals surface area (Å²) in [5.41, 5.74) is 10.6. The Balaban J connectivity index is 1.09. The summed E-state index contributed by atoms with van der Waals surface area (Å²) in [4.78, 5) is 25.2. The van der Waals surface area contributed by atoms with Crippen LogP contribution in [0.2, 0.25) is 0 Å². The predicted molar refractivity (Wildman–Crippen MR) is 245 cm³/mol. The Kier molecular flexibility index (Phi) is 15.0. The van der Waals surface area contributed by atoms with Crippen molar-refractivity contribution in [2.75, 3.05) is 13.2 Å². The predicted octanol–water partition coefficient (Wildman–Crippen LogP) is 12.5. The van der Waals surface area contributed by atoms with Crippen LogP contribution >= 0.6 is 0 Å². The summed E-state index contributed by atoms with van der Waals surface area (Å²) in [5, 5.41) is 0. The molecule has 0 saturated carbocycles. The monoisotopic (exact) mass is 830 g/mol. The summed E-state index contributed by atoms with van der Waals surface area (Å²) >= 11 is 0. The molecule has 0 amide bonds. The molecule has 8 heteroatoms. The van der Waals surface area contributed by atoms with Crippen molar-refractivity contribution >= 4 is 11.9 Å². The van der Waals surface area contributed by atoms with Gasteiger partial charge >= 0.3 is 11.9 Å². The number of benzene rings is 6. The molecule has 0 aliphatic heterocycles. The number of hydrogen-bond donors (Lipinski definition) is 0. The second-order valence-electron chi connectivity index (χ2n) is 15.4. The van der Waals surface area contributed by atoms with Gasteiger partial charge in [-0.3, -0.25) is 0 Å². The molecule has 0 aliphatic rings. The van der Waals surface area contributed by atoms with E-state index < -0.39 is 24.5 Å². The van der Waals surface area contributed by atoms with Gasteiger partial charge in [0.15, 0.2) is 0 Å². The molecule has 0 fully saturated rings. The number of carbonyl (C=O) groups is 2. The van der Waals surface area contributed by atoms with Gasteiger partial charge < -0.3 is 28.4 Å². The van der Waals surface area contributed by atoms with Crippen molar-refractivity contribution < 1.29 is 38.0 Å². The molecule has 0 spiro atoms. The van der Waals surface area contributed by atoms with Gasteiger partial charge in [0, 0.05) is 11.1 Å². The number of hydrogen-bond acceptors (Lipinski definition) is 8. The molecule has 6 rings (SSSR count). The fraction of sp³-hybridized carbons (Fsp3) is 0.222. The van der Waals surface area contributed by atoms with Crippen molar-refractivity contribution in [3.05, 3.63) is 180 Å². The highest BCUT2D eigenvalue weighted by Gasteiger charge is 2.21. The molecule has 0 radical (unpaired) electrons. The molecule has 0 aromatic heterocycles. The normalized spacial score (nSPS) is 11.8. The highest BCUT2D eigenvalue weighted by Crippen LogP contribution is 2.35. The zero-order valence-corrected chi connectivity index (χ0v) is 36.4. The van der Waals surface area contributed by atoms with E-state index in [-0.39, 0.29) is 24.4 Å². The summed E-state index contributed by atoms with van der Waals surface area (Å²) in [7, 11) is 0. The van der Waals surface area contributed by atoms with Crippen LogP contribution < -0.4 is 18.9 Å². The fourth-order valence-electron chi connectivity index (χ4n) is 6.99. The van der Waals surface area contributed by atoms with Crippen molar-refractivity contribution in [2.24, 2.45) is 0 Å². The van der Waals surface area contributed by atoms with Crippen LogP contribution in [-0.4, -0.2) is 37.7 Å². The van der Waals surface area contributed by atoms with Crippen molar-refractivity contribution in [1.29, 1.82) is 0 Å². The van der Waals surface area contributed by atoms with Crippen LogP contribution in [0.5, 0.6) is 23.0 Å². The van der Waals surface area contributed by atoms with Crippen LogP contribution in [0.3, 0.4) is 0 Å². The average molecular weight is 831 g/mol. The van der Waals surface area contributed by atoms with E-state index in [0.717, 1.165) is 67.1 Å². The lowest BCUT2D eigenvalue weighted by Crippen LogP contribution is -2.27. The van der Waals surface area contributed by atoms with E-state index in [0.29, 0.717) is 24.3 Å². The van der Waals surface area contributed by atoms with Gasteiger partial charge in [0.1, 0.15) is 23.0 Å². The van der Waals surface area contributed by atoms with Crippen molar-refractivity contribution in [3.8, 4) is 56.4 Å². The zero-order valence-electron chi connectivity index (χ0n) is 36.4. The first kappa shape index (κ1) is 44.5. The lowest BCUT2D eigenvalue weighted by Gasteiger charge is -2.22. The highest BCUT2D eigenvalue weighted by molar-refractivity contribution is 5.87. The highest BCUT2D eigenvalue weighted by atomic mass is 16.7. The van der Waals surface area contributed by atoms with E-state index in [1.807, 2.05) is 137 Å². The molecule has 6 aromatic rings. The Morgan fingerprint density at radius 2 is 0.790 bits per heavy atom. The lowest BCUT2D eigenvalue weighted by molar-refractivity contribution is -0.161. The van der Waals surface area contributed by atoms with Gasteiger partial charge in [-0.1, -0.05) is 98.1 Å². The first-order valence-corrected chi connectivity index (χ1v) is 20.7. The smallest absolute Gasteiger partial charge is 0.336 e. The van der Waals surface area contributed by atoms with Gasteiger partial charge in [-0.05, 0) is 146 Å². The van der Waals surface area contributed by atoms with Crippen LogP contribution in [-0.2, 0) is 19.1 Å². The summed E-state index contributed by atoms with van der Waals surface area (Å²) in [6, 6.07) is 43.8. The molecule has 2 unspecified atom stereocenters. The van der Waals surface area contributed by atoms with Gasteiger partial charge in [-0.15, -0.1) is 0 Å². The molecule has 0 bridgehead atoms. The summed E-state index contributed by atoms with van der Waals surface area (Å²) in [5.74, 6) is 1.61. The van der Waals surface area contributed by atoms with Gasteiger partial charge in [0.25, 0.3) is 0 Å². The third kappa shape index (κ3) is 12.0. The molecule has 2 atom stereocenters. The largest absolute Gasteiger partial charge is 0.493 e. The minimum Gasteiger partial charge on any atom is -0.493 e. The lowest BCUT2D eigenvalue weighted by atomic mass is 9.96. The van der Waals surface area contributed by atoms with Crippen LogP contribution in [0.1, 0.15) is 48.9 Å². The third-order valence-electron chi connectivity index (χ3n) is 10.0. The molecule has 0 saturated heterocycles. The van der Waals surface area contributed by atoms with E-state index in [2.05, 4.69) is 37.4 Å². The van der Waals surface area contributed by atoms with Crippen LogP contribution in [0.15, 0.2) is 158 Å². The first-order valence-electron chi connectivity index (χ1n) is 20.7. The van der Waals surface area contributed by atoms with Gasteiger partial charge in [0.2, 0.25) is 12.6 Å². The first-order chi connectivity index (χ1) is 29.8. The molecule has 62 heavy (non-hydrogen) atoms. The minimum atomic E-state index is -0.890. The minimum absolute atomic E-state index is 0.246. The number of ether oxygens (including phenoxy) is 6. The van der Waals surface area contributed by atoms with Gasteiger partial charge in [-0.2, -0.15) is 0 Å². The Morgan fingerprint density at radius 3 is 1.13 bits per heavy atom. The van der Waals surface area contributed by atoms with E-state index in [9.17, 15) is 9.59 Å². The second kappa shape index (κ2) is 21.0. The van der Waals surface area contributed by atoms with E-state index in [1.54, 1.807) is 13.8 Å². The molecule has 6 aromatic carbocycles. The Hall–Kier alpha value is -7.06. The maximum absolute atomic E-state index is 12.6. The summed E-state index contributed by atoms with van der Waals surface area (Å²) in [6.45, 7) is 19.2. The van der Waals surface area contributed by atoms with E-state index in [4.69, 9.17) is 28.4 Å². The molecule has 0 aliphatic carbocycles. The van der Waals surface area contributed by atoms with Crippen LogP contribution in [0.4, 0.5) is 0 Å². The van der Waals surface area contributed by atoms with Crippen molar-refractivity contribution in [1.82, 2.24) is 0 Å². The zero-order chi connectivity index (χ0) is 44.2. The Labute approximate surface area is 365 Å². The standard InChI is InChI=1S/C54H54O8/c1-35(2)53(55)61-49(59-47-23-15-21-43(33-47)41-17-11-9-12-18-41)25-27-57-51-37(5)29-45(30-38(51)6)46-31-39(7)52(40(8)32-46)58-28-26-50(62-54(56)36(3)4)60-48-24-16-22-44(34-48)42-19-13-10-14-20-42/h9-24,29-34,49-50H,1,3,25-28H2,2,4-8H3. The molecule has 0 N–H and O–H groups in total. The third-order valence-corrected chi connectivity index (χ3v) is 10.0. The average Bonchev–Trinajstić information content (AvgIpc) is 3.26. The number of aryl methyl sites for hydroxylation is 4. The number of carbonyl (C=O) groups excluding carboxylic acids is 2. The van der Waals surface area contributed by atoms with Gasteiger partial charge in [-0.25, -0.2) is 9.59 Å². The Bertz CT molecular complexity index is 2300. The number of esters is 2. The SMILES string of the molecule is C=C(C)C(=O)OC(CCOc1c(C)cc(-c2cc(C)c(OCCC(OC(=O)C(=C)C)Oc3cccc(-c4ccccc4)c3)c(C)c2)cc1C)Oc1cccc(-c2ccccc2)c1. The van der Waals surface area contributed by atoms with E-state index in [1.165, 1.54) is 0 Å². The van der Waals surface area contributed by atoms with Crippen molar-refractivity contribution in [2.45, 2.75) is 67.0 Å². The maximum Gasteiger partial charge on any atom is 0.336 e. The second-order valence-corrected chi connectivity index (χ2v) is 15.4. The van der Waals surface area contributed by atoms with Gasteiger partial charge in [0.05, 0.1) is 26.1 Å². The van der Waals surface area contributed by atoms with Crippen molar-refractivity contribution in [3.63, 3.8) is 0 Å². The summed E-state index contributed by atoms with van der Waals surface area (Å²) in [6.07, 6.45) is -1.20. The summed E-state index contributed by atoms with van der Waals surface area (Å²) < 4.78 is 36.5. The Morgan fingerprint density at radius 1 is 0.452 bits per heavy atom. The molecule has 0 heterocycles. The van der Waals surface area contributed by atoms with Crippen LogP contribution in [0.25, 0.3) is 33.4 Å². The van der Waals surface area contributed by atoms with E-state index >= 15 is 0 Å².